The molecule has 3 rings (SSSR count). The Bertz CT molecular complexity index is 1170. The number of carbonyl (C=O) groups excluding carboxylic acids is 2. The van der Waals surface area contributed by atoms with E-state index >= 15 is 0 Å². The summed E-state index contributed by atoms with van der Waals surface area (Å²) in [6.07, 6.45) is 1.73. The number of benzene rings is 2. The molecule has 1 atom stereocenters. The number of allylic oxidation sites excluding steroid dienone is 1. The van der Waals surface area contributed by atoms with E-state index in [0.717, 1.165) is 16.8 Å². The van der Waals surface area contributed by atoms with Gasteiger partial charge in [-0.05, 0) is 62.2 Å². The number of rotatable bonds is 10. The van der Waals surface area contributed by atoms with Crippen molar-refractivity contribution in [3.05, 3.63) is 77.6 Å². The molecule has 1 aromatic heterocycles. The van der Waals surface area contributed by atoms with Gasteiger partial charge in [0.25, 0.3) is 5.91 Å². The van der Waals surface area contributed by atoms with E-state index in [0.29, 0.717) is 28.8 Å². The Hall–Kier alpha value is -3.59. The van der Waals surface area contributed by atoms with Crippen LogP contribution in [0.15, 0.2) is 60.3 Å². The fourth-order valence-corrected chi connectivity index (χ4v) is 4.07. The number of ether oxygens (including phenoxy) is 1. The topological polar surface area (TPSA) is 98.1 Å². The summed E-state index contributed by atoms with van der Waals surface area (Å²) in [7, 11) is 1.58. The molecule has 9 heteroatoms. The van der Waals surface area contributed by atoms with Gasteiger partial charge in [-0.3, -0.25) is 9.59 Å². The molecular formula is C25H29N5O3S. The van der Waals surface area contributed by atoms with Gasteiger partial charge in [-0.1, -0.05) is 30.0 Å². The molecule has 0 saturated carbocycles. The van der Waals surface area contributed by atoms with Gasteiger partial charge in [0.15, 0.2) is 11.0 Å². The number of nitrogens with one attached hydrogen (secondary N) is 2. The highest BCUT2D eigenvalue weighted by Gasteiger charge is 2.20. The van der Waals surface area contributed by atoms with Gasteiger partial charge >= 0.3 is 0 Å². The number of amides is 2. The van der Waals surface area contributed by atoms with E-state index in [9.17, 15) is 9.59 Å². The first kappa shape index (κ1) is 25.0. The maximum absolute atomic E-state index is 12.7. The highest BCUT2D eigenvalue weighted by molar-refractivity contribution is 7.99. The summed E-state index contributed by atoms with van der Waals surface area (Å²) in [5.74, 6) is 1.08. The Balaban J connectivity index is 1.66. The summed E-state index contributed by atoms with van der Waals surface area (Å²) in [6, 6.07) is 12.3. The van der Waals surface area contributed by atoms with Crippen molar-refractivity contribution in [3.8, 4) is 5.75 Å². The van der Waals surface area contributed by atoms with Gasteiger partial charge in [0.2, 0.25) is 5.91 Å². The van der Waals surface area contributed by atoms with Crippen molar-refractivity contribution in [1.82, 2.24) is 20.1 Å². The van der Waals surface area contributed by atoms with Crippen LogP contribution in [0.2, 0.25) is 0 Å². The largest absolute Gasteiger partial charge is 0.497 e. The summed E-state index contributed by atoms with van der Waals surface area (Å²) in [5, 5.41) is 15.0. The lowest BCUT2D eigenvalue weighted by molar-refractivity contribution is -0.113. The standard InChI is InChI=1S/C25H29N5O3S/c1-6-14-30-23(18(4)26-24(32)19-10-12-20(33-5)13-11-19)28-29-25(30)34-15-22(31)27-21-9-7-8-16(2)17(21)3/h6-13,18H,1,14-15H2,2-5H3,(H,26,32)(H,27,31). The van der Waals surface area contributed by atoms with Crippen molar-refractivity contribution in [2.75, 3.05) is 18.2 Å². The zero-order chi connectivity index (χ0) is 24.7. The van der Waals surface area contributed by atoms with E-state index in [1.807, 2.05) is 43.5 Å². The first-order valence-electron chi connectivity index (χ1n) is 10.8. The van der Waals surface area contributed by atoms with Crippen molar-refractivity contribution >= 4 is 29.3 Å². The summed E-state index contributed by atoms with van der Waals surface area (Å²) < 4.78 is 6.98. The van der Waals surface area contributed by atoms with Crippen molar-refractivity contribution in [1.29, 1.82) is 0 Å². The third-order valence-electron chi connectivity index (χ3n) is 5.36. The predicted octanol–water partition coefficient (Wildman–Crippen LogP) is 4.31. The number of hydrogen-bond donors (Lipinski definition) is 2. The van der Waals surface area contributed by atoms with Gasteiger partial charge in [-0.25, -0.2) is 0 Å². The fourth-order valence-electron chi connectivity index (χ4n) is 3.32. The second-order valence-corrected chi connectivity index (χ2v) is 8.69. The molecule has 178 valence electrons. The number of aromatic nitrogens is 3. The van der Waals surface area contributed by atoms with Crippen LogP contribution in [0, 0.1) is 13.8 Å². The number of aryl methyl sites for hydroxylation is 1. The molecular weight excluding hydrogens is 450 g/mol. The van der Waals surface area contributed by atoms with Crippen LogP contribution in [0.4, 0.5) is 5.69 Å². The zero-order valence-corrected chi connectivity index (χ0v) is 20.6. The van der Waals surface area contributed by atoms with Crippen LogP contribution < -0.4 is 15.4 Å². The minimum absolute atomic E-state index is 0.130. The summed E-state index contributed by atoms with van der Waals surface area (Å²) in [5.41, 5.74) is 3.47. The quantitative estimate of drug-likeness (QED) is 0.332. The summed E-state index contributed by atoms with van der Waals surface area (Å²) >= 11 is 1.28. The van der Waals surface area contributed by atoms with Gasteiger partial charge in [0, 0.05) is 17.8 Å². The molecule has 1 heterocycles. The van der Waals surface area contributed by atoms with Crippen LogP contribution in [0.5, 0.6) is 5.75 Å². The molecule has 2 N–H and O–H groups in total. The minimum atomic E-state index is -0.403. The number of methoxy groups -OCH3 is 1. The number of nitrogens with zero attached hydrogens (tertiary/aromatic N) is 3. The van der Waals surface area contributed by atoms with Gasteiger partial charge in [-0.2, -0.15) is 0 Å². The number of hydrogen-bond acceptors (Lipinski definition) is 6. The predicted molar refractivity (Wildman–Crippen MR) is 134 cm³/mol. The third-order valence-corrected chi connectivity index (χ3v) is 6.32. The lowest BCUT2D eigenvalue weighted by Crippen LogP contribution is -2.28. The SMILES string of the molecule is C=CCn1c(SCC(=O)Nc2cccc(C)c2C)nnc1C(C)NC(=O)c1ccc(OC)cc1. The number of carbonyl (C=O) groups is 2. The average molecular weight is 480 g/mol. The third kappa shape index (κ3) is 6.05. The fraction of sp³-hybridized carbons (Fsp3) is 0.280. The van der Waals surface area contributed by atoms with E-state index in [4.69, 9.17) is 4.74 Å². The van der Waals surface area contributed by atoms with Crippen molar-refractivity contribution in [2.45, 2.75) is 38.5 Å². The van der Waals surface area contributed by atoms with E-state index < -0.39 is 6.04 Å². The first-order chi connectivity index (χ1) is 16.3. The maximum atomic E-state index is 12.7. The molecule has 0 radical (unpaired) electrons. The summed E-state index contributed by atoms with van der Waals surface area (Å²) in [4.78, 5) is 25.2. The van der Waals surface area contributed by atoms with Gasteiger partial charge < -0.3 is 19.9 Å². The Labute approximate surface area is 203 Å². The molecule has 2 amide bonds. The highest BCUT2D eigenvalue weighted by atomic mass is 32.2. The Kier molecular flexibility index (Phi) is 8.48. The molecule has 3 aromatic rings. The van der Waals surface area contributed by atoms with E-state index in [1.54, 1.807) is 37.5 Å². The monoisotopic (exact) mass is 479 g/mol. The molecule has 0 aliphatic rings. The number of anilines is 1. The second kappa shape index (κ2) is 11.5. The Morgan fingerprint density at radius 1 is 1.18 bits per heavy atom. The van der Waals surface area contributed by atoms with Gasteiger partial charge in [-0.15, -0.1) is 16.8 Å². The Morgan fingerprint density at radius 2 is 1.91 bits per heavy atom. The van der Waals surface area contributed by atoms with Crippen LogP contribution in [0.3, 0.4) is 0 Å². The number of thioether (sulfide) groups is 1. The molecule has 1 unspecified atom stereocenters. The highest BCUT2D eigenvalue weighted by Crippen LogP contribution is 2.23. The van der Waals surface area contributed by atoms with E-state index in [2.05, 4.69) is 27.4 Å². The van der Waals surface area contributed by atoms with Crippen LogP contribution in [0.1, 0.15) is 40.3 Å². The van der Waals surface area contributed by atoms with Crippen molar-refractivity contribution in [3.63, 3.8) is 0 Å². The van der Waals surface area contributed by atoms with Crippen LogP contribution in [0.25, 0.3) is 0 Å². The van der Waals surface area contributed by atoms with Crippen molar-refractivity contribution in [2.24, 2.45) is 0 Å². The molecule has 0 aliphatic heterocycles. The molecule has 2 aromatic carbocycles. The lowest BCUT2D eigenvalue weighted by Gasteiger charge is -2.15. The molecule has 0 bridgehead atoms. The van der Waals surface area contributed by atoms with E-state index in [-0.39, 0.29) is 17.6 Å². The van der Waals surface area contributed by atoms with Crippen molar-refractivity contribution < 1.29 is 14.3 Å². The maximum Gasteiger partial charge on any atom is 0.251 e. The second-order valence-electron chi connectivity index (χ2n) is 7.75. The smallest absolute Gasteiger partial charge is 0.251 e. The Morgan fingerprint density at radius 3 is 2.59 bits per heavy atom. The average Bonchev–Trinajstić information content (AvgIpc) is 3.23. The zero-order valence-electron chi connectivity index (χ0n) is 19.8. The lowest BCUT2D eigenvalue weighted by atomic mass is 10.1. The molecule has 34 heavy (non-hydrogen) atoms. The molecule has 0 fully saturated rings. The molecule has 0 saturated heterocycles. The first-order valence-corrected chi connectivity index (χ1v) is 11.8. The normalized spacial score (nSPS) is 11.5. The molecule has 0 aliphatic carbocycles. The molecule has 0 spiro atoms. The van der Waals surface area contributed by atoms with Crippen LogP contribution in [-0.4, -0.2) is 39.4 Å². The minimum Gasteiger partial charge on any atom is -0.497 e. The summed E-state index contributed by atoms with van der Waals surface area (Å²) in [6.45, 7) is 10.1. The molecule has 8 nitrogen and oxygen atoms in total. The van der Waals surface area contributed by atoms with Gasteiger partial charge in [0.05, 0.1) is 18.9 Å². The van der Waals surface area contributed by atoms with Crippen LogP contribution >= 0.6 is 11.8 Å². The van der Waals surface area contributed by atoms with Crippen LogP contribution in [-0.2, 0) is 11.3 Å². The van der Waals surface area contributed by atoms with Gasteiger partial charge in [0.1, 0.15) is 5.75 Å². The van der Waals surface area contributed by atoms with E-state index in [1.165, 1.54) is 11.8 Å².